The topological polar surface area (TPSA) is 47.3 Å². The average Bonchev–Trinajstić information content (AvgIpc) is 2.32. The zero-order valence-electron chi connectivity index (χ0n) is 10.7. The normalized spacial score (nSPS) is 14.6. The number of methoxy groups -OCH3 is 1. The Morgan fingerprint density at radius 3 is 2.76 bits per heavy atom. The molecule has 0 radical (unpaired) electrons. The van der Waals surface area contributed by atoms with Crippen LogP contribution in [0, 0.1) is 12.8 Å². The third kappa shape index (κ3) is 4.07. The van der Waals surface area contributed by atoms with Crippen LogP contribution in [-0.4, -0.2) is 13.7 Å². The van der Waals surface area contributed by atoms with E-state index in [4.69, 9.17) is 10.6 Å². The predicted octanol–water partition coefficient (Wildman–Crippen LogP) is 2.93. The van der Waals surface area contributed by atoms with E-state index in [-0.39, 0.29) is 6.04 Å². The summed E-state index contributed by atoms with van der Waals surface area (Å²) in [6, 6.07) is 6.44. The van der Waals surface area contributed by atoms with Crippen molar-refractivity contribution in [1.29, 1.82) is 0 Å². The van der Waals surface area contributed by atoms with Gasteiger partial charge in [-0.25, -0.2) is 0 Å². The Balaban J connectivity index is 2.88. The fourth-order valence-corrected chi connectivity index (χ4v) is 2.36. The Kier molecular flexibility index (Phi) is 6.12. The maximum Gasteiger partial charge on any atom is 0.0489 e. The van der Waals surface area contributed by atoms with Gasteiger partial charge in [0.05, 0.1) is 0 Å². The van der Waals surface area contributed by atoms with E-state index in [1.165, 1.54) is 11.1 Å². The van der Waals surface area contributed by atoms with Crippen LogP contribution in [-0.2, 0) is 4.74 Å². The van der Waals surface area contributed by atoms with Crippen molar-refractivity contribution in [2.45, 2.75) is 26.3 Å². The minimum atomic E-state index is 0.155. The molecule has 0 aliphatic rings. The number of hydrogen-bond acceptors (Lipinski definition) is 3. The highest BCUT2D eigenvalue weighted by Gasteiger charge is 2.19. The Labute approximate surface area is 112 Å². The molecular weight excluding hydrogens is 280 g/mol. The van der Waals surface area contributed by atoms with E-state index >= 15 is 0 Å². The predicted molar refractivity (Wildman–Crippen MR) is 74.6 cm³/mol. The smallest absolute Gasteiger partial charge is 0.0489 e. The van der Waals surface area contributed by atoms with Crippen molar-refractivity contribution in [3.05, 3.63) is 33.8 Å². The van der Waals surface area contributed by atoms with Gasteiger partial charge in [0.2, 0.25) is 0 Å². The number of hydrogen-bond donors (Lipinski definition) is 2. The van der Waals surface area contributed by atoms with Gasteiger partial charge in [-0.2, -0.15) is 0 Å². The lowest BCUT2D eigenvalue weighted by Gasteiger charge is -2.25. The molecule has 0 heterocycles. The van der Waals surface area contributed by atoms with Crippen molar-refractivity contribution in [3.63, 3.8) is 0 Å². The molecule has 17 heavy (non-hydrogen) atoms. The zero-order valence-corrected chi connectivity index (χ0v) is 12.3. The van der Waals surface area contributed by atoms with Crippen LogP contribution in [0.4, 0.5) is 0 Å². The molecule has 0 aromatic heterocycles. The van der Waals surface area contributed by atoms with E-state index in [9.17, 15) is 0 Å². The minimum absolute atomic E-state index is 0.155. The molecular formula is C13H21BrN2O. The number of hydrazine groups is 1. The average molecular weight is 301 g/mol. The monoisotopic (exact) mass is 300 g/mol. The molecule has 0 spiro atoms. The second kappa shape index (κ2) is 7.11. The van der Waals surface area contributed by atoms with Crippen LogP contribution in [0.15, 0.2) is 22.7 Å². The Morgan fingerprint density at radius 2 is 2.18 bits per heavy atom. The summed E-state index contributed by atoms with van der Waals surface area (Å²) in [5.41, 5.74) is 5.41. The molecule has 1 rings (SSSR count). The van der Waals surface area contributed by atoms with Crippen molar-refractivity contribution < 1.29 is 4.74 Å². The molecule has 0 saturated carbocycles. The molecule has 1 aromatic rings. The molecule has 96 valence electrons. The van der Waals surface area contributed by atoms with E-state index in [1.54, 1.807) is 7.11 Å². The fourth-order valence-electron chi connectivity index (χ4n) is 1.98. The Morgan fingerprint density at radius 1 is 1.47 bits per heavy atom. The van der Waals surface area contributed by atoms with Crippen molar-refractivity contribution in [3.8, 4) is 0 Å². The summed E-state index contributed by atoms with van der Waals surface area (Å²) in [6.45, 7) is 5.05. The summed E-state index contributed by atoms with van der Waals surface area (Å²) < 4.78 is 6.20. The summed E-state index contributed by atoms with van der Waals surface area (Å²) in [7, 11) is 1.72. The van der Waals surface area contributed by atoms with Gasteiger partial charge in [0, 0.05) is 24.2 Å². The SMILES string of the molecule is COCCC(C)C(NN)c1cc(Br)ccc1C. The molecule has 4 heteroatoms. The van der Waals surface area contributed by atoms with Crippen LogP contribution < -0.4 is 11.3 Å². The van der Waals surface area contributed by atoms with Gasteiger partial charge < -0.3 is 4.74 Å². The number of nitrogens with two attached hydrogens (primary N) is 1. The third-order valence-electron chi connectivity index (χ3n) is 3.10. The highest BCUT2D eigenvalue weighted by molar-refractivity contribution is 9.10. The van der Waals surface area contributed by atoms with E-state index in [1.807, 2.05) is 6.07 Å². The molecule has 3 N–H and O–H groups in total. The molecule has 0 aliphatic carbocycles. The van der Waals surface area contributed by atoms with E-state index in [2.05, 4.69) is 47.3 Å². The van der Waals surface area contributed by atoms with Crippen LogP contribution in [0.5, 0.6) is 0 Å². The Hall–Kier alpha value is -0.420. The number of aryl methyl sites for hydroxylation is 1. The second-order valence-corrected chi connectivity index (χ2v) is 5.32. The van der Waals surface area contributed by atoms with Crippen LogP contribution in [0.25, 0.3) is 0 Å². The van der Waals surface area contributed by atoms with Crippen molar-refractivity contribution >= 4 is 15.9 Å². The highest BCUT2D eigenvalue weighted by atomic mass is 79.9. The third-order valence-corrected chi connectivity index (χ3v) is 3.60. The van der Waals surface area contributed by atoms with Gasteiger partial charge in [0.25, 0.3) is 0 Å². The number of ether oxygens (including phenoxy) is 1. The fraction of sp³-hybridized carbons (Fsp3) is 0.538. The number of halogens is 1. The maximum atomic E-state index is 5.69. The lowest BCUT2D eigenvalue weighted by Crippen LogP contribution is -2.33. The van der Waals surface area contributed by atoms with Crippen LogP contribution in [0.3, 0.4) is 0 Å². The van der Waals surface area contributed by atoms with Gasteiger partial charge in [0.15, 0.2) is 0 Å². The first-order valence-corrected chi connectivity index (χ1v) is 6.60. The quantitative estimate of drug-likeness (QED) is 0.627. The van der Waals surface area contributed by atoms with E-state index in [0.717, 1.165) is 17.5 Å². The molecule has 0 aliphatic heterocycles. The van der Waals surface area contributed by atoms with Crippen LogP contribution in [0.2, 0.25) is 0 Å². The molecule has 0 fully saturated rings. The first-order chi connectivity index (χ1) is 8.10. The van der Waals surface area contributed by atoms with Crippen molar-refractivity contribution in [1.82, 2.24) is 5.43 Å². The summed E-state index contributed by atoms with van der Waals surface area (Å²) in [5, 5.41) is 0. The molecule has 0 amide bonds. The lowest BCUT2D eigenvalue weighted by molar-refractivity contribution is 0.170. The largest absolute Gasteiger partial charge is 0.385 e. The van der Waals surface area contributed by atoms with E-state index < -0.39 is 0 Å². The van der Waals surface area contributed by atoms with E-state index in [0.29, 0.717) is 5.92 Å². The lowest BCUT2D eigenvalue weighted by atomic mass is 9.90. The number of rotatable bonds is 6. The maximum absolute atomic E-state index is 5.69. The first-order valence-electron chi connectivity index (χ1n) is 5.81. The van der Waals surface area contributed by atoms with Crippen molar-refractivity contribution in [2.75, 3.05) is 13.7 Å². The van der Waals surface area contributed by atoms with Crippen LogP contribution in [0.1, 0.15) is 30.5 Å². The summed E-state index contributed by atoms with van der Waals surface area (Å²) in [4.78, 5) is 0. The molecule has 1 aromatic carbocycles. The second-order valence-electron chi connectivity index (χ2n) is 4.40. The van der Waals surface area contributed by atoms with Crippen LogP contribution >= 0.6 is 15.9 Å². The first kappa shape index (κ1) is 14.6. The summed E-state index contributed by atoms with van der Waals surface area (Å²) >= 11 is 3.50. The molecule has 0 bridgehead atoms. The van der Waals surface area contributed by atoms with Gasteiger partial charge >= 0.3 is 0 Å². The number of benzene rings is 1. The Bertz CT molecular complexity index is 357. The zero-order chi connectivity index (χ0) is 12.8. The number of nitrogens with one attached hydrogen (secondary N) is 1. The van der Waals surface area contributed by atoms with Gasteiger partial charge in [-0.1, -0.05) is 28.9 Å². The van der Waals surface area contributed by atoms with Gasteiger partial charge in [-0.05, 0) is 42.5 Å². The van der Waals surface area contributed by atoms with Gasteiger partial charge in [-0.3, -0.25) is 11.3 Å². The standard InChI is InChI=1S/C13H21BrN2O/c1-9-4-5-11(14)8-12(9)13(16-15)10(2)6-7-17-3/h4-5,8,10,13,16H,6-7,15H2,1-3H3. The minimum Gasteiger partial charge on any atom is -0.385 e. The van der Waals surface area contributed by atoms with Crippen molar-refractivity contribution in [2.24, 2.45) is 11.8 Å². The molecule has 2 atom stereocenters. The highest BCUT2D eigenvalue weighted by Crippen LogP contribution is 2.28. The van der Waals surface area contributed by atoms with Gasteiger partial charge in [-0.15, -0.1) is 0 Å². The summed E-state index contributed by atoms with van der Waals surface area (Å²) in [5.74, 6) is 6.11. The molecule has 0 saturated heterocycles. The van der Waals surface area contributed by atoms with Gasteiger partial charge in [0.1, 0.15) is 0 Å². The molecule has 2 unspecified atom stereocenters. The summed E-state index contributed by atoms with van der Waals surface area (Å²) in [6.07, 6.45) is 0.983. The molecule has 3 nitrogen and oxygen atoms in total.